The van der Waals surface area contributed by atoms with Crippen LogP contribution in [0.25, 0.3) is 0 Å². The minimum absolute atomic E-state index is 0.0325. The van der Waals surface area contributed by atoms with Crippen LogP contribution in [-0.2, 0) is 4.79 Å². The van der Waals surface area contributed by atoms with Crippen molar-refractivity contribution in [2.75, 3.05) is 7.05 Å². The first-order valence-corrected chi connectivity index (χ1v) is 4.77. The summed E-state index contributed by atoms with van der Waals surface area (Å²) < 4.78 is 0. The maximum atomic E-state index is 11.2. The number of carbonyl (C=O) groups excluding carboxylic acids is 1. The SMILES string of the molecule is CN1C(=O)[C@H](N)[C@H]1c1ccccc1Cl. The lowest BCUT2D eigenvalue weighted by Crippen LogP contribution is -2.61. The highest BCUT2D eigenvalue weighted by Gasteiger charge is 2.43. The van der Waals surface area contributed by atoms with Crippen molar-refractivity contribution in [3.05, 3.63) is 34.9 Å². The van der Waals surface area contributed by atoms with Gasteiger partial charge in [0, 0.05) is 12.1 Å². The van der Waals surface area contributed by atoms with Gasteiger partial charge in [0.05, 0.1) is 6.04 Å². The summed E-state index contributed by atoms with van der Waals surface area (Å²) >= 11 is 6.02. The van der Waals surface area contributed by atoms with Crippen molar-refractivity contribution in [2.24, 2.45) is 5.73 Å². The number of likely N-dealkylation sites (N-methyl/N-ethyl adjacent to an activating group) is 1. The number of hydrogen-bond donors (Lipinski definition) is 1. The Morgan fingerprint density at radius 1 is 1.43 bits per heavy atom. The van der Waals surface area contributed by atoms with Crippen LogP contribution >= 0.6 is 11.6 Å². The maximum absolute atomic E-state index is 11.2. The van der Waals surface area contributed by atoms with Crippen molar-refractivity contribution >= 4 is 17.5 Å². The molecular formula is C10H11ClN2O. The van der Waals surface area contributed by atoms with Gasteiger partial charge < -0.3 is 10.6 Å². The summed E-state index contributed by atoms with van der Waals surface area (Å²) in [6, 6.07) is 6.94. The molecule has 3 nitrogen and oxygen atoms in total. The predicted octanol–water partition coefficient (Wildman–Crippen LogP) is 1.18. The number of nitrogens with zero attached hydrogens (tertiary/aromatic N) is 1. The molecule has 1 saturated heterocycles. The molecule has 2 rings (SSSR count). The number of carbonyl (C=O) groups is 1. The number of likely N-dealkylation sites (tertiary alicyclic amines) is 1. The summed E-state index contributed by atoms with van der Waals surface area (Å²) in [4.78, 5) is 12.8. The Labute approximate surface area is 87.4 Å². The van der Waals surface area contributed by atoms with Gasteiger partial charge in [0.15, 0.2) is 0 Å². The van der Waals surface area contributed by atoms with Crippen LogP contribution in [0.15, 0.2) is 24.3 Å². The second-order valence-electron chi connectivity index (χ2n) is 3.44. The summed E-state index contributed by atoms with van der Waals surface area (Å²) in [6.45, 7) is 0. The number of halogens is 1. The zero-order valence-corrected chi connectivity index (χ0v) is 8.53. The minimum Gasteiger partial charge on any atom is -0.335 e. The first kappa shape index (κ1) is 9.49. The fourth-order valence-electron chi connectivity index (χ4n) is 1.78. The number of rotatable bonds is 1. The van der Waals surface area contributed by atoms with E-state index in [9.17, 15) is 4.79 Å². The number of amides is 1. The largest absolute Gasteiger partial charge is 0.335 e. The molecule has 0 spiro atoms. The average molecular weight is 211 g/mol. The van der Waals surface area contributed by atoms with Crippen LogP contribution in [0.1, 0.15) is 11.6 Å². The second kappa shape index (κ2) is 3.26. The highest BCUT2D eigenvalue weighted by atomic mass is 35.5. The van der Waals surface area contributed by atoms with Gasteiger partial charge in [-0.3, -0.25) is 4.79 Å². The van der Waals surface area contributed by atoms with Gasteiger partial charge in [-0.15, -0.1) is 0 Å². The molecule has 0 radical (unpaired) electrons. The molecule has 1 aromatic rings. The molecule has 0 aromatic heterocycles. The first-order valence-electron chi connectivity index (χ1n) is 4.39. The average Bonchev–Trinajstić information content (AvgIpc) is 2.21. The number of hydrogen-bond acceptors (Lipinski definition) is 2. The Morgan fingerprint density at radius 3 is 2.64 bits per heavy atom. The lowest BCUT2D eigenvalue weighted by atomic mass is 9.90. The van der Waals surface area contributed by atoms with Gasteiger partial charge in [0.1, 0.15) is 6.04 Å². The summed E-state index contributed by atoms with van der Waals surface area (Å²) in [7, 11) is 1.74. The smallest absolute Gasteiger partial charge is 0.242 e. The zero-order chi connectivity index (χ0) is 10.3. The van der Waals surface area contributed by atoms with E-state index in [1.165, 1.54) is 0 Å². The normalized spacial score (nSPS) is 26.2. The molecule has 1 aromatic carbocycles. The second-order valence-corrected chi connectivity index (χ2v) is 3.85. The molecule has 0 aliphatic carbocycles. The van der Waals surface area contributed by atoms with Crippen molar-refractivity contribution in [1.29, 1.82) is 0 Å². The third kappa shape index (κ3) is 1.21. The van der Waals surface area contributed by atoms with E-state index in [1.54, 1.807) is 18.0 Å². The van der Waals surface area contributed by atoms with Crippen LogP contribution in [0.4, 0.5) is 0 Å². The van der Waals surface area contributed by atoms with E-state index < -0.39 is 6.04 Å². The number of benzene rings is 1. The Hall–Kier alpha value is -1.06. The van der Waals surface area contributed by atoms with E-state index in [1.807, 2.05) is 18.2 Å². The van der Waals surface area contributed by atoms with Gasteiger partial charge in [-0.25, -0.2) is 0 Å². The molecule has 1 amide bonds. The van der Waals surface area contributed by atoms with E-state index in [-0.39, 0.29) is 11.9 Å². The van der Waals surface area contributed by atoms with Crippen LogP contribution in [0.3, 0.4) is 0 Å². The molecule has 0 bridgehead atoms. The quantitative estimate of drug-likeness (QED) is 0.708. The molecule has 0 saturated carbocycles. The molecule has 74 valence electrons. The monoisotopic (exact) mass is 210 g/mol. The zero-order valence-electron chi connectivity index (χ0n) is 7.77. The van der Waals surface area contributed by atoms with Crippen molar-refractivity contribution < 1.29 is 4.79 Å². The van der Waals surface area contributed by atoms with Gasteiger partial charge in [-0.1, -0.05) is 29.8 Å². The molecule has 1 heterocycles. The molecule has 1 fully saturated rings. The van der Waals surface area contributed by atoms with E-state index in [2.05, 4.69) is 0 Å². The van der Waals surface area contributed by atoms with Crippen LogP contribution in [0, 0.1) is 0 Å². The highest BCUT2D eigenvalue weighted by Crippen LogP contribution is 2.35. The lowest BCUT2D eigenvalue weighted by molar-refractivity contribution is -0.146. The van der Waals surface area contributed by atoms with E-state index in [0.717, 1.165) is 5.56 Å². The Morgan fingerprint density at radius 2 is 2.07 bits per heavy atom. The third-order valence-electron chi connectivity index (χ3n) is 2.61. The van der Waals surface area contributed by atoms with Crippen molar-refractivity contribution in [1.82, 2.24) is 4.90 Å². The van der Waals surface area contributed by atoms with Gasteiger partial charge in [-0.2, -0.15) is 0 Å². The molecule has 0 unspecified atom stereocenters. The lowest BCUT2D eigenvalue weighted by Gasteiger charge is -2.43. The fraction of sp³-hybridized carbons (Fsp3) is 0.300. The van der Waals surface area contributed by atoms with Crippen molar-refractivity contribution in [2.45, 2.75) is 12.1 Å². The van der Waals surface area contributed by atoms with E-state index >= 15 is 0 Å². The van der Waals surface area contributed by atoms with Gasteiger partial charge in [0.2, 0.25) is 5.91 Å². The molecule has 14 heavy (non-hydrogen) atoms. The van der Waals surface area contributed by atoms with E-state index in [0.29, 0.717) is 5.02 Å². The summed E-state index contributed by atoms with van der Waals surface area (Å²) in [6.07, 6.45) is 0. The molecule has 1 aliphatic heterocycles. The fourth-order valence-corrected chi connectivity index (χ4v) is 2.03. The van der Waals surface area contributed by atoms with Crippen LogP contribution < -0.4 is 5.73 Å². The van der Waals surface area contributed by atoms with Gasteiger partial charge in [-0.05, 0) is 11.6 Å². The van der Waals surface area contributed by atoms with Crippen LogP contribution in [0.2, 0.25) is 5.02 Å². The topological polar surface area (TPSA) is 46.3 Å². The number of β-lactam (4-membered cyclic amide) rings is 1. The van der Waals surface area contributed by atoms with Crippen molar-refractivity contribution in [3.63, 3.8) is 0 Å². The molecule has 2 N–H and O–H groups in total. The minimum atomic E-state index is -0.445. The Balaban J connectivity index is 2.33. The van der Waals surface area contributed by atoms with Gasteiger partial charge >= 0.3 is 0 Å². The number of nitrogens with two attached hydrogens (primary N) is 1. The van der Waals surface area contributed by atoms with E-state index in [4.69, 9.17) is 17.3 Å². The predicted molar refractivity (Wildman–Crippen MR) is 54.9 cm³/mol. The first-order chi connectivity index (χ1) is 6.63. The molecular weight excluding hydrogens is 200 g/mol. The molecule has 2 atom stereocenters. The Kier molecular flexibility index (Phi) is 2.21. The summed E-state index contributed by atoms with van der Waals surface area (Å²) in [5.41, 5.74) is 6.63. The maximum Gasteiger partial charge on any atom is 0.242 e. The summed E-state index contributed by atoms with van der Waals surface area (Å²) in [5.74, 6) is -0.0325. The molecule has 1 aliphatic rings. The molecule has 4 heteroatoms. The van der Waals surface area contributed by atoms with Crippen LogP contribution in [-0.4, -0.2) is 23.9 Å². The highest BCUT2D eigenvalue weighted by molar-refractivity contribution is 6.31. The standard InChI is InChI=1S/C10H11ClN2O/c1-13-9(8(12)10(13)14)6-4-2-3-5-7(6)11/h2-5,8-9H,12H2,1H3/t8-,9-/m1/s1. The Bertz CT molecular complexity index is 368. The van der Waals surface area contributed by atoms with Crippen molar-refractivity contribution in [3.8, 4) is 0 Å². The summed E-state index contributed by atoms with van der Waals surface area (Å²) in [5, 5.41) is 0.660. The van der Waals surface area contributed by atoms with Crippen LogP contribution in [0.5, 0.6) is 0 Å². The third-order valence-corrected chi connectivity index (χ3v) is 2.96. The van der Waals surface area contributed by atoms with Gasteiger partial charge in [0.25, 0.3) is 0 Å².